The number of hydrogen-bond acceptors (Lipinski definition) is 4. The van der Waals surface area contributed by atoms with Crippen LogP contribution in [0.15, 0.2) is 0 Å². The molecule has 1 rings (SSSR count). The van der Waals surface area contributed by atoms with E-state index in [2.05, 4.69) is 0 Å². The summed E-state index contributed by atoms with van der Waals surface area (Å²) in [6.45, 7) is 11.8. The molecule has 26 heavy (non-hydrogen) atoms. The van der Waals surface area contributed by atoms with Gasteiger partial charge in [0.15, 0.2) is 0 Å². The van der Waals surface area contributed by atoms with Crippen molar-refractivity contribution in [1.29, 1.82) is 0 Å². The summed E-state index contributed by atoms with van der Waals surface area (Å²) in [5.74, 6) is -1.10. The Bertz CT molecular complexity index is 513. The Balaban J connectivity index is 3.11. The first kappa shape index (κ1) is 22.3. The third-order valence-corrected chi connectivity index (χ3v) is 4.40. The van der Waals surface area contributed by atoms with Gasteiger partial charge in [-0.1, -0.05) is 13.8 Å². The number of carbonyl (C=O) groups is 3. The maximum absolute atomic E-state index is 13.2. The summed E-state index contributed by atoms with van der Waals surface area (Å²) in [5.41, 5.74) is -0.662. The lowest BCUT2D eigenvalue weighted by Gasteiger charge is -2.39. The third-order valence-electron chi connectivity index (χ3n) is 4.40. The van der Waals surface area contributed by atoms with E-state index in [-0.39, 0.29) is 11.8 Å². The maximum Gasteiger partial charge on any atom is 0.410 e. The lowest BCUT2D eigenvalue weighted by molar-refractivity contribution is -0.154. The van der Waals surface area contributed by atoms with Gasteiger partial charge in [0.2, 0.25) is 5.91 Å². The van der Waals surface area contributed by atoms with Gasteiger partial charge in [-0.05, 0) is 59.3 Å². The number of hydrogen-bond donors (Lipinski definition) is 1. The number of aliphatic carboxylic acids is 1. The molecule has 7 nitrogen and oxygen atoms in total. The first-order chi connectivity index (χ1) is 12.0. The summed E-state index contributed by atoms with van der Waals surface area (Å²) < 4.78 is 5.47. The number of carbonyl (C=O) groups excluding carboxylic acids is 2. The largest absolute Gasteiger partial charge is 0.480 e. The predicted octanol–water partition coefficient (Wildman–Crippen LogP) is 3.12. The van der Waals surface area contributed by atoms with Gasteiger partial charge in [-0.15, -0.1) is 0 Å². The maximum atomic E-state index is 13.2. The number of ether oxygens (including phenoxy) is 1. The van der Waals surface area contributed by atoms with Crippen molar-refractivity contribution >= 4 is 18.0 Å². The Morgan fingerprint density at radius 3 is 2.31 bits per heavy atom. The summed E-state index contributed by atoms with van der Waals surface area (Å²) in [7, 11) is 0. The molecule has 0 radical (unpaired) electrons. The first-order valence-electron chi connectivity index (χ1n) is 9.50. The molecule has 1 aliphatic rings. The molecule has 2 atom stereocenters. The van der Waals surface area contributed by atoms with Crippen molar-refractivity contribution in [2.75, 3.05) is 13.1 Å². The molecule has 0 bridgehead atoms. The minimum Gasteiger partial charge on any atom is -0.480 e. The SMILES string of the molecule is CCN(C(=O)OC(C)(C)C)[C@@H](CC(C)C)C(=O)N1CCCC[C@@H]1C(=O)O. The van der Waals surface area contributed by atoms with Gasteiger partial charge in [-0.25, -0.2) is 9.59 Å². The Labute approximate surface area is 156 Å². The molecule has 0 aliphatic carbocycles. The van der Waals surface area contributed by atoms with Crippen LogP contribution < -0.4 is 0 Å². The number of carboxylic acids is 1. The van der Waals surface area contributed by atoms with Crippen molar-refractivity contribution in [1.82, 2.24) is 9.80 Å². The topological polar surface area (TPSA) is 87.2 Å². The van der Waals surface area contributed by atoms with E-state index in [1.54, 1.807) is 27.7 Å². The van der Waals surface area contributed by atoms with E-state index in [0.717, 1.165) is 12.8 Å². The van der Waals surface area contributed by atoms with Gasteiger partial charge < -0.3 is 14.7 Å². The van der Waals surface area contributed by atoms with Crippen molar-refractivity contribution < 1.29 is 24.2 Å². The van der Waals surface area contributed by atoms with Crippen LogP contribution in [0.2, 0.25) is 0 Å². The van der Waals surface area contributed by atoms with E-state index in [4.69, 9.17) is 4.74 Å². The monoisotopic (exact) mass is 370 g/mol. The van der Waals surface area contributed by atoms with Crippen LogP contribution in [0.1, 0.15) is 67.2 Å². The standard InChI is InChI=1S/C19H34N2O5/c1-7-20(18(25)26-19(4,5)6)15(12-13(2)3)16(22)21-11-9-8-10-14(21)17(23)24/h13-15H,7-12H2,1-6H3,(H,23,24)/t14-,15+/m1/s1. The van der Waals surface area contributed by atoms with Gasteiger partial charge in [0.25, 0.3) is 0 Å². The number of likely N-dealkylation sites (N-methyl/N-ethyl adjacent to an activating group) is 1. The van der Waals surface area contributed by atoms with Crippen LogP contribution in [-0.2, 0) is 14.3 Å². The summed E-state index contributed by atoms with van der Waals surface area (Å²) in [4.78, 5) is 40.3. The molecular formula is C19H34N2O5. The molecule has 1 N–H and O–H groups in total. The van der Waals surface area contributed by atoms with Gasteiger partial charge in [-0.2, -0.15) is 0 Å². The van der Waals surface area contributed by atoms with Crippen LogP contribution in [0.3, 0.4) is 0 Å². The zero-order valence-corrected chi connectivity index (χ0v) is 16.9. The normalized spacial score (nSPS) is 19.2. The van der Waals surface area contributed by atoms with Gasteiger partial charge in [0.1, 0.15) is 17.7 Å². The van der Waals surface area contributed by atoms with E-state index >= 15 is 0 Å². The van der Waals surface area contributed by atoms with E-state index in [0.29, 0.717) is 25.9 Å². The van der Waals surface area contributed by atoms with Crippen molar-refractivity contribution in [3.63, 3.8) is 0 Å². The average Bonchev–Trinajstić information content (AvgIpc) is 2.51. The predicted molar refractivity (Wildman–Crippen MR) is 98.8 cm³/mol. The summed E-state index contributed by atoms with van der Waals surface area (Å²) in [5, 5.41) is 9.48. The molecule has 1 aliphatic heterocycles. The van der Waals surface area contributed by atoms with Crippen molar-refractivity contribution in [2.45, 2.75) is 84.9 Å². The molecule has 0 aromatic heterocycles. The van der Waals surface area contributed by atoms with E-state index in [9.17, 15) is 19.5 Å². The fourth-order valence-electron chi connectivity index (χ4n) is 3.25. The second-order valence-corrected chi connectivity index (χ2v) is 8.29. The Hall–Kier alpha value is -1.79. The quantitative estimate of drug-likeness (QED) is 0.776. The lowest BCUT2D eigenvalue weighted by atomic mass is 9.97. The minimum absolute atomic E-state index is 0.175. The first-order valence-corrected chi connectivity index (χ1v) is 9.50. The molecular weight excluding hydrogens is 336 g/mol. The average molecular weight is 370 g/mol. The van der Waals surface area contributed by atoms with Crippen molar-refractivity contribution in [2.24, 2.45) is 5.92 Å². The highest BCUT2D eigenvalue weighted by Gasteiger charge is 2.39. The molecule has 0 aromatic carbocycles. The molecule has 0 aromatic rings. The van der Waals surface area contributed by atoms with Crippen molar-refractivity contribution in [3.8, 4) is 0 Å². The third kappa shape index (κ3) is 6.18. The van der Waals surface area contributed by atoms with Crippen LogP contribution in [0.25, 0.3) is 0 Å². The van der Waals surface area contributed by atoms with Crippen LogP contribution in [0.5, 0.6) is 0 Å². The Kier molecular flexibility index (Phi) is 7.90. The molecule has 1 fully saturated rings. The van der Waals surface area contributed by atoms with Crippen LogP contribution in [0, 0.1) is 5.92 Å². The van der Waals surface area contributed by atoms with Crippen LogP contribution in [0.4, 0.5) is 4.79 Å². The highest BCUT2D eigenvalue weighted by Crippen LogP contribution is 2.23. The highest BCUT2D eigenvalue weighted by atomic mass is 16.6. The molecule has 1 heterocycles. The Morgan fingerprint density at radius 2 is 1.85 bits per heavy atom. The van der Waals surface area contributed by atoms with Gasteiger partial charge in [0.05, 0.1) is 0 Å². The smallest absolute Gasteiger partial charge is 0.410 e. The van der Waals surface area contributed by atoms with Crippen LogP contribution >= 0.6 is 0 Å². The molecule has 150 valence electrons. The van der Waals surface area contributed by atoms with E-state index < -0.39 is 29.7 Å². The van der Waals surface area contributed by atoms with E-state index in [1.165, 1.54) is 9.80 Å². The fraction of sp³-hybridized carbons (Fsp3) is 0.842. The summed E-state index contributed by atoms with van der Waals surface area (Å²) >= 11 is 0. The fourth-order valence-corrected chi connectivity index (χ4v) is 3.25. The summed E-state index contributed by atoms with van der Waals surface area (Å²) in [6, 6.07) is -1.53. The van der Waals surface area contributed by atoms with Gasteiger partial charge >= 0.3 is 12.1 Å². The molecule has 0 unspecified atom stereocenters. The second-order valence-electron chi connectivity index (χ2n) is 8.29. The molecule has 2 amide bonds. The molecule has 7 heteroatoms. The minimum atomic E-state index is -0.985. The van der Waals surface area contributed by atoms with Crippen molar-refractivity contribution in [3.05, 3.63) is 0 Å². The number of likely N-dealkylation sites (tertiary alicyclic amines) is 1. The second kappa shape index (κ2) is 9.24. The van der Waals surface area contributed by atoms with Crippen LogP contribution in [-0.4, -0.2) is 63.7 Å². The number of rotatable bonds is 6. The number of carboxylic acid groups (broad SMARTS) is 1. The van der Waals surface area contributed by atoms with Gasteiger partial charge in [-0.3, -0.25) is 9.69 Å². The molecule has 1 saturated heterocycles. The lowest BCUT2D eigenvalue weighted by Crippen LogP contribution is -2.57. The zero-order chi connectivity index (χ0) is 20.1. The van der Waals surface area contributed by atoms with Gasteiger partial charge in [0, 0.05) is 13.1 Å². The molecule has 0 spiro atoms. The molecule has 0 saturated carbocycles. The highest BCUT2D eigenvalue weighted by molar-refractivity contribution is 5.89. The number of piperidine rings is 1. The Morgan fingerprint density at radius 1 is 1.23 bits per heavy atom. The number of amides is 2. The number of nitrogens with zero attached hydrogens (tertiary/aromatic N) is 2. The summed E-state index contributed by atoms with van der Waals surface area (Å²) in [6.07, 6.45) is 1.95. The zero-order valence-electron chi connectivity index (χ0n) is 16.9. The van der Waals surface area contributed by atoms with E-state index in [1.807, 2.05) is 13.8 Å².